The van der Waals surface area contributed by atoms with Crippen molar-refractivity contribution in [3.63, 3.8) is 0 Å². The lowest BCUT2D eigenvalue weighted by Gasteiger charge is -2.06. The topological polar surface area (TPSA) is 64.0 Å². The average molecular weight is 315 g/mol. The van der Waals surface area contributed by atoms with E-state index in [0.29, 0.717) is 17.1 Å². The Kier molecular flexibility index (Phi) is 4.66. The average Bonchev–Trinajstić information content (AvgIpc) is 2.87. The third kappa shape index (κ3) is 3.31. The molecule has 1 N–H and O–H groups in total. The van der Waals surface area contributed by atoms with Gasteiger partial charge < -0.3 is 4.72 Å². The van der Waals surface area contributed by atoms with Gasteiger partial charge in [0, 0.05) is 24.7 Å². The lowest BCUT2D eigenvalue weighted by Crippen LogP contribution is -2.05. The largest absolute Gasteiger partial charge is 0.301 e. The molecule has 0 saturated carbocycles. The van der Waals surface area contributed by atoms with Crippen LogP contribution in [0.3, 0.4) is 0 Å². The molecule has 2 aromatic rings. The van der Waals surface area contributed by atoms with Crippen LogP contribution in [0.25, 0.3) is 0 Å². The molecule has 0 spiro atoms. The Hall–Kier alpha value is -1.54. The van der Waals surface area contributed by atoms with Crippen molar-refractivity contribution in [2.75, 3.05) is 11.0 Å². The molecular formula is C12H14FN3O2S2. The number of halogens is 1. The van der Waals surface area contributed by atoms with Gasteiger partial charge in [-0.25, -0.2) is 8.60 Å². The number of benzene rings is 1. The van der Waals surface area contributed by atoms with Gasteiger partial charge in [-0.15, -0.1) is 0 Å². The van der Waals surface area contributed by atoms with Crippen molar-refractivity contribution in [3.8, 4) is 0 Å². The molecule has 0 aliphatic heterocycles. The maximum atomic E-state index is 13.7. The Morgan fingerprint density at radius 3 is 2.70 bits per heavy atom. The summed E-state index contributed by atoms with van der Waals surface area (Å²) in [6.07, 6.45) is 4.57. The molecule has 1 aromatic carbocycles. The molecule has 1 aromatic heterocycles. The number of nitrogens with zero attached hydrogens (tertiary/aromatic N) is 2. The Bertz CT molecular complexity index is 672. The van der Waals surface area contributed by atoms with Gasteiger partial charge in [0.15, 0.2) is 11.0 Å². The van der Waals surface area contributed by atoms with E-state index in [9.17, 15) is 12.8 Å². The van der Waals surface area contributed by atoms with E-state index < -0.39 is 27.6 Å². The second-order valence-electron chi connectivity index (χ2n) is 4.00. The van der Waals surface area contributed by atoms with Crippen molar-refractivity contribution < 1.29 is 12.8 Å². The minimum absolute atomic E-state index is 0.125. The number of hydrogen-bond acceptors (Lipinski definition) is 3. The molecule has 0 fully saturated rings. The summed E-state index contributed by atoms with van der Waals surface area (Å²) < 4.78 is 41.3. The lowest BCUT2D eigenvalue weighted by molar-refractivity contribution is 0.597. The molecule has 0 bridgehead atoms. The Labute approximate surface area is 121 Å². The SMILES string of the molecule is CCn1cc([S@](=O)Nc2ccc([S@](C)=O)c(F)c2)cn1. The molecule has 1 heterocycles. The summed E-state index contributed by atoms with van der Waals surface area (Å²) in [7, 11) is -2.90. The molecule has 0 aliphatic carbocycles. The van der Waals surface area contributed by atoms with E-state index in [2.05, 4.69) is 9.82 Å². The van der Waals surface area contributed by atoms with Crippen molar-refractivity contribution in [1.29, 1.82) is 0 Å². The van der Waals surface area contributed by atoms with E-state index in [1.807, 2.05) is 6.92 Å². The summed E-state index contributed by atoms with van der Waals surface area (Å²) in [5.41, 5.74) is 0.360. The van der Waals surface area contributed by atoms with Gasteiger partial charge in [-0.05, 0) is 25.1 Å². The molecule has 2 rings (SSSR count). The zero-order valence-corrected chi connectivity index (χ0v) is 12.6. The molecule has 108 valence electrons. The Morgan fingerprint density at radius 1 is 1.40 bits per heavy atom. The van der Waals surface area contributed by atoms with Crippen LogP contribution in [0.2, 0.25) is 0 Å². The highest BCUT2D eigenvalue weighted by molar-refractivity contribution is 7.86. The van der Waals surface area contributed by atoms with Gasteiger partial charge in [0.25, 0.3) is 0 Å². The van der Waals surface area contributed by atoms with Crippen molar-refractivity contribution in [2.24, 2.45) is 0 Å². The molecule has 0 radical (unpaired) electrons. The van der Waals surface area contributed by atoms with Gasteiger partial charge in [0.05, 0.1) is 26.8 Å². The predicted molar refractivity (Wildman–Crippen MR) is 76.7 cm³/mol. The van der Waals surface area contributed by atoms with E-state index in [1.54, 1.807) is 16.9 Å². The molecule has 0 unspecified atom stereocenters. The summed E-state index contributed by atoms with van der Waals surface area (Å²) in [5.74, 6) is -0.586. The van der Waals surface area contributed by atoms with Crippen LogP contribution in [0, 0.1) is 5.82 Å². The third-order valence-corrected chi connectivity index (χ3v) is 4.61. The number of rotatable bonds is 5. The van der Waals surface area contributed by atoms with Gasteiger partial charge in [0.1, 0.15) is 5.82 Å². The fourth-order valence-electron chi connectivity index (χ4n) is 1.58. The molecule has 5 nitrogen and oxygen atoms in total. The van der Waals surface area contributed by atoms with E-state index in [1.165, 1.54) is 24.6 Å². The Balaban J connectivity index is 2.15. The summed E-state index contributed by atoms with van der Waals surface area (Å²) in [4.78, 5) is 0.635. The highest BCUT2D eigenvalue weighted by Gasteiger charge is 2.10. The van der Waals surface area contributed by atoms with E-state index in [0.717, 1.165) is 0 Å². The van der Waals surface area contributed by atoms with Crippen LogP contribution in [-0.2, 0) is 28.3 Å². The van der Waals surface area contributed by atoms with Crippen molar-refractivity contribution in [3.05, 3.63) is 36.4 Å². The predicted octanol–water partition coefficient (Wildman–Crippen LogP) is 1.91. The first-order chi connectivity index (χ1) is 9.51. The normalized spacial score (nSPS) is 13.9. The highest BCUT2D eigenvalue weighted by Crippen LogP contribution is 2.18. The second kappa shape index (κ2) is 6.27. The maximum Gasteiger partial charge on any atom is 0.153 e. The first kappa shape index (κ1) is 14.9. The molecule has 20 heavy (non-hydrogen) atoms. The van der Waals surface area contributed by atoms with Gasteiger partial charge in [-0.1, -0.05) is 0 Å². The van der Waals surface area contributed by atoms with Crippen LogP contribution in [0.4, 0.5) is 10.1 Å². The molecular weight excluding hydrogens is 301 g/mol. The van der Waals surface area contributed by atoms with Crippen molar-refractivity contribution >= 4 is 27.5 Å². The smallest absolute Gasteiger partial charge is 0.153 e. The quantitative estimate of drug-likeness (QED) is 0.917. The number of aromatic nitrogens is 2. The molecule has 0 saturated heterocycles. The second-order valence-corrected chi connectivity index (χ2v) is 6.56. The van der Waals surface area contributed by atoms with E-state index in [-0.39, 0.29) is 4.90 Å². The zero-order chi connectivity index (χ0) is 14.7. The number of anilines is 1. The standard InChI is InChI=1S/C12H14FN3O2S2/c1-3-16-8-10(7-14-16)20(18)15-9-4-5-12(19(2)17)11(13)6-9/h4-8,15H,3H2,1-2H3/t19-,20-/m0/s1. The molecule has 0 amide bonds. The van der Waals surface area contributed by atoms with Crippen molar-refractivity contribution in [2.45, 2.75) is 23.3 Å². The van der Waals surface area contributed by atoms with Crippen LogP contribution in [0.15, 0.2) is 40.4 Å². The summed E-state index contributed by atoms with van der Waals surface area (Å²) in [5, 5.41) is 4.02. The first-order valence-corrected chi connectivity index (χ1v) is 8.56. The number of nitrogens with one attached hydrogen (secondary N) is 1. The summed E-state index contributed by atoms with van der Waals surface area (Å²) in [6.45, 7) is 2.61. The zero-order valence-electron chi connectivity index (χ0n) is 11.0. The van der Waals surface area contributed by atoms with Crippen LogP contribution in [0.5, 0.6) is 0 Å². The van der Waals surface area contributed by atoms with Crippen LogP contribution in [0.1, 0.15) is 6.92 Å². The summed E-state index contributed by atoms with van der Waals surface area (Å²) in [6, 6.07) is 4.14. The molecule has 8 heteroatoms. The highest BCUT2D eigenvalue weighted by atomic mass is 32.2. The van der Waals surface area contributed by atoms with Gasteiger partial charge in [0.2, 0.25) is 0 Å². The van der Waals surface area contributed by atoms with E-state index >= 15 is 0 Å². The maximum absolute atomic E-state index is 13.7. The minimum atomic E-state index is -1.52. The Morgan fingerprint density at radius 2 is 2.15 bits per heavy atom. The van der Waals surface area contributed by atoms with Crippen LogP contribution >= 0.6 is 0 Å². The van der Waals surface area contributed by atoms with Gasteiger partial charge in [-0.3, -0.25) is 8.89 Å². The molecule has 0 aliphatic rings. The fourth-order valence-corrected chi connectivity index (χ4v) is 2.99. The van der Waals surface area contributed by atoms with Gasteiger partial charge in [-0.2, -0.15) is 5.10 Å². The third-order valence-electron chi connectivity index (χ3n) is 2.60. The van der Waals surface area contributed by atoms with Crippen LogP contribution in [-0.4, -0.2) is 24.5 Å². The minimum Gasteiger partial charge on any atom is -0.301 e. The lowest BCUT2D eigenvalue weighted by atomic mass is 10.3. The van der Waals surface area contributed by atoms with E-state index in [4.69, 9.17) is 0 Å². The van der Waals surface area contributed by atoms with Gasteiger partial charge >= 0.3 is 0 Å². The first-order valence-electron chi connectivity index (χ1n) is 5.85. The van der Waals surface area contributed by atoms with Crippen LogP contribution < -0.4 is 4.72 Å². The summed E-state index contributed by atoms with van der Waals surface area (Å²) >= 11 is 0. The monoisotopic (exact) mass is 315 g/mol. The number of hydrogen-bond donors (Lipinski definition) is 1. The molecule has 2 atom stereocenters. The fraction of sp³-hybridized carbons (Fsp3) is 0.250. The number of aryl methyl sites for hydroxylation is 1. The van der Waals surface area contributed by atoms with Crippen molar-refractivity contribution in [1.82, 2.24) is 9.78 Å².